The molecule has 1 saturated heterocycles. The van der Waals surface area contributed by atoms with Gasteiger partial charge in [-0.15, -0.1) is 0 Å². The summed E-state index contributed by atoms with van der Waals surface area (Å²) in [6, 6.07) is 10.00. The number of hydrogen-bond acceptors (Lipinski definition) is 4. The topological polar surface area (TPSA) is 70.2 Å². The standard InChI is InChI=1S/C24H28N4O2/c1-16-7-8-21-20(14-16)18-5-2-6-19(22(18)27-21)24(29)26-15-17-4-3-9-25-23(17)28-10-12-30-13-11-28/h2-6,9,16,27H,7-8,10-15H2,1H3,(H,26,29). The van der Waals surface area contributed by atoms with Crippen LogP contribution in [0.25, 0.3) is 10.9 Å². The maximum Gasteiger partial charge on any atom is 0.253 e. The zero-order valence-corrected chi connectivity index (χ0v) is 17.4. The lowest BCUT2D eigenvalue weighted by Crippen LogP contribution is -2.37. The Morgan fingerprint density at radius 2 is 2.13 bits per heavy atom. The molecule has 1 atom stereocenters. The number of anilines is 1. The lowest BCUT2D eigenvalue weighted by atomic mass is 9.87. The zero-order chi connectivity index (χ0) is 20.5. The molecule has 0 spiro atoms. The molecule has 156 valence electrons. The van der Waals surface area contributed by atoms with Crippen molar-refractivity contribution in [2.24, 2.45) is 5.92 Å². The second-order valence-electron chi connectivity index (χ2n) is 8.43. The second-order valence-corrected chi connectivity index (χ2v) is 8.43. The van der Waals surface area contributed by atoms with E-state index in [0.717, 1.165) is 42.8 Å². The van der Waals surface area contributed by atoms with E-state index in [1.54, 1.807) is 6.20 Å². The number of H-pyrrole nitrogens is 1. The highest BCUT2D eigenvalue weighted by Gasteiger charge is 2.22. The molecule has 6 heteroatoms. The highest BCUT2D eigenvalue weighted by atomic mass is 16.5. The van der Waals surface area contributed by atoms with E-state index in [1.807, 2.05) is 24.3 Å². The molecule has 0 bridgehead atoms. The van der Waals surface area contributed by atoms with Crippen molar-refractivity contribution in [1.29, 1.82) is 0 Å². The molecule has 0 saturated carbocycles. The summed E-state index contributed by atoms with van der Waals surface area (Å²) in [7, 11) is 0. The number of carbonyl (C=O) groups is 1. The Morgan fingerprint density at radius 1 is 1.27 bits per heavy atom. The van der Waals surface area contributed by atoms with Crippen molar-refractivity contribution in [2.45, 2.75) is 32.7 Å². The van der Waals surface area contributed by atoms with Gasteiger partial charge in [0.15, 0.2) is 0 Å². The third kappa shape index (κ3) is 3.56. The molecule has 2 N–H and O–H groups in total. The predicted octanol–water partition coefficient (Wildman–Crippen LogP) is 3.45. The number of ether oxygens (including phenoxy) is 1. The molecule has 5 rings (SSSR count). The van der Waals surface area contributed by atoms with Crippen LogP contribution in [0, 0.1) is 5.92 Å². The summed E-state index contributed by atoms with van der Waals surface area (Å²) in [6.45, 7) is 5.82. The van der Waals surface area contributed by atoms with Gasteiger partial charge >= 0.3 is 0 Å². The Balaban J connectivity index is 1.38. The van der Waals surface area contributed by atoms with Crippen molar-refractivity contribution in [3.8, 4) is 0 Å². The molecular weight excluding hydrogens is 376 g/mol. The van der Waals surface area contributed by atoms with Gasteiger partial charge < -0.3 is 19.9 Å². The third-order valence-corrected chi connectivity index (χ3v) is 6.33. The summed E-state index contributed by atoms with van der Waals surface area (Å²) < 4.78 is 5.46. The van der Waals surface area contributed by atoms with Gasteiger partial charge in [0.1, 0.15) is 5.82 Å². The van der Waals surface area contributed by atoms with E-state index in [0.29, 0.717) is 31.2 Å². The van der Waals surface area contributed by atoms with Gasteiger partial charge in [0.05, 0.1) is 24.3 Å². The molecule has 1 aliphatic heterocycles. The lowest BCUT2D eigenvalue weighted by Gasteiger charge is -2.29. The lowest BCUT2D eigenvalue weighted by molar-refractivity contribution is 0.0952. The van der Waals surface area contributed by atoms with Crippen LogP contribution in [-0.2, 0) is 24.1 Å². The highest BCUT2D eigenvalue weighted by Crippen LogP contribution is 2.33. The third-order valence-electron chi connectivity index (χ3n) is 6.33. The number of aryl methyl sites for hydroxylation is 1. The van der Waals surface area contributed by atoms with Crippen LogP contribution < -0.4 is 10.2 Å². The molecule has 0 radical (unpaired) electrons. The number of para-hydroxylation sites is 1. The van der Waals surface area contributed by atoms with Gasteiger partial charge in [0.25, 0.3) is 5.91 Å². The van der Waals surface area contributed by atoms with Gasteiger partial charge in [0, 0.05) is 42.5 Å². The molecule has 1 fully saturated rings. The average Bonchev–Trinajstić information content (AvgIpc) is 3.16. The molecule has 2 aliphatic rings. The van der Waals surface area contributed by atoms with Gasteiger partial charge in [-0.1, -0.05) is 25.1 Å². The monoisotopic (exact) mass is 404 g/mol. The number of carbonyl (C=O) groups excluding carboxylic acids is 1. The van der Waals surface area contributed by atoms with Crippen LogP contribution in [0.1, 0.15) is 40.5 Å². The summed E-state index contributed by atoms with van der Waals surface area (Å²) in [5.41, 5.74) is 5.39. The fourth-order valence-corrected chi connectivity index (χ4v) is 4.70. The van der Waals surface area contributed by atoms with E-state index in [1.165, 1.54) is 23.1 Å². The quantitative estimate of drug-likeness (QED) is 0.699. The van der Waals surface area contributed by atoms with Crippen LogP contribution in [0.4, 0.5) is 5.82 Å². The van der Waals surface area contributed by atoms with Crippen molar-refractivity contribution in [3.05, 3.63) is 58.9 Å². The van der Waals surface area contributed by atoms with Crippen molar-refractivity contribution in [1.82, 2.24) is 15.3 Å². The zero-order valence-electron chi connectivity index (χ0n) is 17.4. The van der Waals surface area contributed by atoms with Crippen LogP contribution in [0.5, 0.6) is 0 Å². The minimum atomic E-state index is -0.0518. The van der Waals surface area contributed by atoms with E-state index in [4.69, 9.17) is 4.74 Å². The number of aromatic nitrogens is 2. The molecule has 6 nitrogen and oxygen atoms in total. The molecule has 3 aromatic rings. The number of morpholine rings is 1. The molecule has 1 amide bonds. The van der Waals surface area contributed by atoms with E-state index in [-0.39, 0.29) is 5.91 Å². The molecule has 2 aromatic heterocycles. The van der Waals surface area contributed by atoms with Gasteiger partial charge in [-0.3, -0.25) is 4.79 Å². The van der Waals surface area contributed by atoms with E-state index in [9.17, 15) is 4.79 Å². The molecule has 1 unspecified atom stereocenters. The van der Waals surface area contributed by atoms with Crippen molar-refractivity contribution >= 4 is 22.6 Å². The Labute approximate surface area is 176 Å². The van der Waals surface area contributed by atoms with Gasteiger partial charge in [-0.25, -0.2) is 4.98 Å². The van der Waals surface area contributed by atoms with Crippen LogP contribution in [0.3, 0.4) is 0 Å². The van der Waals surface area contributed by atoms with Crippen LogP contribution in [0.15, 0.2) is 36.5 Å². The van der Waals surface area contributed by atoms with Crippen molar-refractivity contribution in [3.63, 3.8) is 0 Å². The summed E-state index contributed by atoms with van der Waals surface area (Å²) in [5.74, 6) is 1.57. The number of rotatable bonds is 4. The minimum Gasteiger partial charge on any atom is -0.378 e. The smallest absolute Gasteiger partial charge is 0.253 e. The average molecular weight is 405 g/mol. The van der Waals surface area contributed by atoms with Gasteiger partial charge in [0.2, 0.25) is 0 Å². The predicted molar refractivity (Wildman–Crippen MR) is 118 cm³/mol. The Kier molecular flexibility index (Phi) is 5.17. The van der Waals surface area contributed by atoms with E-state index < -0.39 is 0 Å². The summed E-state index contributed by atoms with van der Waals surface area (Å²) in [5, 5.41) is 4.31. The largest absolute Gasteiger partial charge is 0.378 e. The first-order valence-corrected chi connectivity index (χ1v) is 10.9. The normalized spacial score (nSPS) is 19.0. The fourth-order valence-electron chi connectivity index (χ4n) is 4.70. The number of nitrogens with zero attached hydrogens (tertiary/aromatic N) is 2. The molecule has 30 heavy (non-hydrogen) atoms. The Hall–Kier alpha value is -2.86. The summed E-state index contributed by atoms with van der Waals surface area (Å²) in [6.07, 6.45) is 5.15. The van der Waals surface area contributed by atoms with Crippen LogP contribution in [-0.4, -0.2) is 42.2 Å². The number of nitrogens with one attached hydrogen (secondary N) is 2. The molecule has 1 aliphatic carbocycles. The van der Waals surface area contributed by atoms with Gasteiger partial charge in [-0.05, 0) is 42.9 Å². The van der Waals surface area contributed by atoms with Crippen LogP contribution >= 0.6 is 0 Å². The SMILES string of the molecule is CC1CCc2[nH]c3c(C(=O)NCc4cccnc4N4CCOCC4)cccc3c2C1. The molecular formula is C24H28N4O2. The maximum absolute atomic E-state index is 13.1. The summed E-state index contributed by atoms with van der Waals surface area (Å²) >= 11 is 0. The van der Waals surface area contributed by atoms with E-state index >= 15 is 0 Å². The van der Waals surface area contributed by atoms with Crippen molar-refractivity contribution < 1.29 is 9.53 Å². The maximum atomic E-state index is 13.1. The first-order chi connectivity index (χ1) is 14.7. The fraction of sp³-hybridized carbons (Fsp3) is 0.417. The number of fused-ring (bicyclic) bond motifs is 3. The molecule has 3 heterocycles. The van der Waals surface area contributed by atoms with Crippen LogP contribution in [0.2, 0.25) is 0 Å². The number of benzene rings is 1. The summed E-state index contributed by atoms with van der Waals surface area (Å²) in [4.78, 5) is 23.5. The highest BCUT2D eigenvalue weighted by molar-refractivity contribution is 6.06. The first-order valence-electron chi connectivity index (χ1n) is 10.9. The first kappa shape index (κ1) is 19.1. The number of pyridine rings is 1. The second kappa shape index (κ2) is 8.11. The number of hydrogen-bond donors (Lipinski definition) is 2. The Morgan fingerprint density at radius 3 is 3.00 bits per heavy atom. The number of amides is 1. The Bertz CT molecular complexity index is 1070. The van der Waals surface area contributed by atoms with E-state index in [2.05, 4.69) is 33.2 Å². The van der Waals surface area contributed by atoms with Crippen molar-refractivity contribution in [2.75, 3.05) is 31.2 Å². The molecule has 1 aromatic carbocycles. The minimum absolute atomic E-state index is 0.0518. The number of aromatic amines is 1. The van der Waals surface area contributed by atoms with Gasteiger partial charge in [-0.2, -0.15) is 0 Å².